The highest BCUT2D eigenvalue weighted by Crippen LogP contribution is 2.38. The second kappa shape index (κ2) is 8.66. The molecule has 134 valence electrons. The molecule has 0 atom stereocenters. The smallest absolute Gasteiger partial charge is 0.342 e. The van der Waals surface area contributed by atoms with Crippen LogP contribution in [0.15, 0.2) is 24.3 Å². The van der Waals surface area contributed by atoms with Gasteiger partial charge in [-0.05, 0) is 69.1 Å². The summed E-state index contributed by atoms with van der Waals surface area (Å²) in [6.07, 6.45) is 10.6. The fraction of sp³-hybridized carbons (Fsp3) is 0.667. The van der Waals surface area contributed by atoms with Gasteiger partial charge in [0.1, 0.15) is 5.75 Å². The number of hydrogen-bond acceptors (Lipinski definition) is 3. The van der Waals surface area contributed by atoms with E-state index in [0.717, 1.165) is 5.92 Å². The molecule has 0 amide bonds. The van der Waals surface area contributed by atoms with E-state index in [2.05, 4.69) is 19.1 Å². The number of carbonyl (C=O) groups is 1. The first kappa shape index (κ1) is 19.0. The van der Waals surface area contributed by atoms with E-state index in [1.807, 2.05) is 12.1 Å². The van der Waals surface area contributed by atoms with Crippen molar-refractivity contribution in [3.63, 3.8) is 0 Å². The zero-order valence-electron chi connectivity index (χ0n) is 15.4. The number of aliphatic hydroxyl groups is 1. The van der Waals surface area contributed by atoms with Crippen LogP contribution in [0.2, 0.25) is 0 Å². The van der Waals surface area contributed by atoms with Crippen molar-refractivity contribution in [3.8, 4) is 5.75 Å². The summed E-state index contributed by atoms with van der Waals surface area (Å²) in [5.41, 5.74) is -0.125. The molecule has 3 heteroatoms. The Hall–Kier alpha value is -1.35. The molecule has 1 N–H and O–H groups in total. The Kier molecular flexibility index (Phi) is 6.85. The average Bonchev–Trinajstić information content (AvgIpc) is 2.56. The average molecular weight is 332 g/mol. The first-order valence-electron chi connectivity index (χ1n) is 9.44. The quantitative estimate of drug-likeness (QED) is 0.423. The van der Waals surface area contributed by atoms with E-state index in [9.17, 15) is 9.90 Å². The van der Waals surface area contributed by atoms with Gasteiger partial charge in [-0.15, -0.1) is 0 Å². The van der Waals surface area contributed by atoms with E-state index in [1.165, 1.54) is 70.8 Å². The van der Waals surface area contributed by atoms with Crippen LogP contribution in [-0.2, 0) is 4.79 Å². The molecule has 24 heavy (non-hydrogen) atoms. The number of ether oxygens (including phenoxy) is 1. The largest absolute Gasteiger partial charge is 0.424 e. The lowest BCUT2D eigenvalue weighted by molar-refractivity contribution is -0.151. The molecule has 0 saturated heterocycles. The summed E-state index contributed by atoms with van der Waals surface area (Å²) in [5.74, 6) is 1.42. The van der Waals surface area contributed by atoms with Crippen molar-refractivity contribution < 1.29 is 14.6 Å². The third kappa shape index (κ3) is 5.62. The van der Waals surface area contributed by atoms with Gasteiger partial charge in [-0.2, -0.15) is 0 Å². The van der Waals surface area contributed by atoms with Crippen molar-refractivity contribution in [1.82, 2.24) is 0 Å². The van der Waals surface area contributed by atoms with Gasteiger partial charge in [-0.25, -0.2) is 4.79 Å². The molecular formula is C21H32O3. The van der Waals surface area contributed by atoms with Crippen molar-refractivity contribution in [2.75, 3.05) is 0 Å². The van der Waals surface area contributed by atoms with Gasteiger partial charge in [-0.1, -0.05) is 44.7 Å². The molecule has 3 nitrogen and oxygen atoms in total. The predicted molar refractivity (Wildman–Crippen MR) is 97.2 cm³/mol. The van der Waals surface area contributed by atoms with Crippen LogP contribution in [0.1, 0.15) is 83.6 Å². The molecular weight excluding hydrogens is 300 g/mol. The van der Waals surface area contributed by atoms with Crippen LogP contribution in [0.3, 0.4) is 0 Å². The lowest BCUT2D eigenvalue weighted by Crippen LogP contribution is -2.35. The van der Waals surface area contributed by atoms with Gasteiger partial charge in [0, 0.05) is 0 Å². The second-order valence-electron chi connectivity index (χ2n) is 7.73. The van der Waals surface area contributed by atoms with Crippen LogP contribution in [0.25, 0.3) is 0 Å². The van der Waals surface area contributed by atoms with Gasteiger partial charge in [0.05, 0.1) is 0 Å². The van der Waals surface area contributed by atoms with Gasteiger partial charge in [0.25, 0.3) is 0 Å². The summed E-state index contributed by atoms with van der Waals surface area (Å²) >= 11 is 0. The maximum absolute atomic E-state index is 11.7. The molecule has 0 radical (unpaired) electrons. The minimum atomic E-state index is -1.46. The van der Waals surface area contributed by atoms with E-state index in [-0.39, 0.29) is 0 Å². The van der Waals surface area contributed by atoms with Crippen LogP contribution in [0, 0.1) is 5.92 Å². The third-order valence-electron chi connectivity index (χ3n) is 5.12. The molecule has 0 bridgehead atoms. The molecule has 0 spiro atoms. The highest BCUT2D eigenvalue weighted by atomic mass is 16.6. The number of carbonyl (C=O) groups excluding carboxylic acids is 1. The van der Waals surface area contributed by atoms with Crippen molar-refractivity contribution in [1.29, 1.82) is 0 Å². The van der Waals surface area contributed by atoms with E-state index in [0.29, 0.717) is 11.7 Å². The summed E-state index contributed by atoms with van der Waals surface area (Å²) < 4.78 is 5.20. The highest BCUT2D eigenvalue weighted by Gasteiger charge is 2.26. The fourth-order valence-corrected chi connectivity index (χ4v) is 3.51. The van der Waals surface area contributed by atoms with Crippen LogP contribution in [0.4, 0.5) is 0 Å². The Morgan fingerprint density at radius 2 is 1.75 bits per heavy atom. The van der Waals surface area contributed by atoms with E-state index in [1.54, 1.807) is 0 Å². The van der Waals surface area contributed by atoms with Crippen LogP contribution in [0.5, 0.6) is 5.75 Å². The van der Waals surface area contributed by atoms with Crippen LogP contribution >= 0.6 is 0 Å². The SMILES string of the molecule is CCCCCC1CCC(c2ccc(OC(=O)C(C)(C)O)cc2)CC1. The lowest BCUT2D eigenvalue weighted by atomic mass is 9.77. The van der Waals surface area contributed by atoms with Crippen LogP contribution in [-0.4, -0.2) is 16.7 Å². The Morgan fingerprint density at radius 1 is 1.12 bits per heavy atom. The molecule has 2 rings (SSSR count). The van der Waals surface area contributed by atoms with Crippen molar-refractivity contribution in [2.24, 2.45) is 5.92 Å². The lowest BCUT2D eigenvalue weighted by Gasteiger charge is -2.29. The number of hydrogen-bond donors (Lipinski definition) is 1. The fourth-order valence-electron chi connectivity index (χ4n) is 3.51. The molecule has 1 saturated carbocycles. The summed E-state index contributed by atoms with van der Waals surface area (Å²) in [6.45, 7) is 5.13. The zero-order chi connectivity index (χ0) is 17.6. The van der Waals surface area contributed by atoms with E-state index in [4.69, 9.17) is 4.74 Å². The third-order valence-corrected chi connectivity index (χ3v) is 5.12. The van der Waals surface area contributed by atoms with Crippen molar-refractivity contribution in [2.45, 2.75) is 83.7 Å². The molecule has 1 fully saturated rings. The van der Waals surface area contributed by atoms with Gasteiger partial charge >= 0.3 is 5.97 Å². The summed E-state index contributed by atoms with van der Waals surface area (Å²) in [7, 11) is 0. The monoisotopic (exact) mass is 332 g/mol. The minimum absolute atomic E-state index is 0.499. The first-order valence-corrected chi connectivity index (χ1v) is 9.44. The number of rotatable bonds is 7. The number of unbranched alkanes of at least 4 members (excludes halogenated alkanes) is 2. The normalized spacial score (nSPS) is 21.5. The minimum Gasteiger partial charge on any atom is -0.424 e. The van der Waals surface area contributed by atoms with E-state index < -0.39 is 11.6 Å². The van der Waals surface area contributed by atoms with Gasteiger partial charge in [0.2, 0.25) is 0 Å². The van der Waals surface area contributed by atoms with Gasteiger partial charge in [-0.3, -0.25) is 0 Å². The summed E-state index contributed by atoms with van der Waals surface area (Å²) in [4.78, 5) is 11.7. The zero-order valence-corrected chi connectivity index (χ0v) is 15.4. The van der Waals surface area contributed by atoms with Gasteiger partial charge < -0.3 is 9.84 Å². The van der Waals surface area contributed by atoms with E-state index >= 15 is 0 Å². The first-order chi connectivity index (χ1) is 11.4. The Balaban J connectivity index is 1.83. The summed E-state index contributed by atoms with van der Waals surface area (Å²) in [6, 6.07) is 7.81. The number of esters is 1. The molecule has 1 aromatic carbocycles. The molecule has 1 aliphatic rings. The Morgan fingerprint density at radius 3 is 2.29 bits per heavy atom. The Labute approximate surface area is 146 Å². The van der Waals surface area contributed by atoms with Crippen LogP contribution < -0.4 is 4.74 Å². The predicted octanol–water partition coefficient (Wildman–Crippen LogP) is 5.22. The molecule has 1 aromatic rings. The molecule has 0 unspecified atom stereocenters. The van der Waals surface area contributed by atoms with Crippen molar-refractivity contribution in [3.05, 3.63) is 29.8 Å². The molecule has 0 heterocycles. The van der Waals surface area contributed by atoms with Gasteiger partial charge in [0.15, 0.2) is 5.60 Å². The second-order valence-corrected chi connectivity index (χ2v) is 7.73. The highest BCUT2D eigenvalue weighted by molar-refractivity contribution is 5.80. The maximum Gasteiger partial charge on any atom is 0.342 e. The van der Waals surface area contributed by atoms with Crippen molar-refractivity contribution >= 4 is 5.97 Å². The topological polar surface area (TPSA) is 46.5 Å². The molecule has 0 aromatic heterocycles. The maximum atomic E-state index is 11.7. The molecule has 1 aliphatic carbocycles. The Bertz CT molecular complexity index is 505. The number of benzene rings is 1. The summed E-state index contributed by atoms with van der Waals surface area (Å²) in [5, 5.41) is 9.63. The molecule has 0 aliphatic heterocycles. The standard InChI is InChI=1S/C21H32O3/c1-4-5-6-7-16-8-10-17(11-9-16)18-12-14-19(15-13-18)24-20(22)21(2,3)23/h12-17,23H,4-11H2,1-3H3.